The quantitative estimate of drug-likeness (QED) is 0.300. The Kier molecular flexibility index (Phi) is 3.33. The number of nitrogens with zero attached hydrogens (tertiary/aromatic N) is 3. The van der Waals surface area contributed by atoms with Gasteiger partial charge < -0.3 is 10.1 Å². The number of methoxy groups -OCH3 is 1. The zero-order valence-electron chi connectivity index (χ0n) is 7.97. The Morgan fingerprint density at radius 3 is 2.93 bits per heavy atom. The molecule has 0 amide bonds. The first-order chi connectivity index (χ1) is 7.22. The molecule has 0 atom stereocenters. The summed E-state index contributed by atoms with van der Waals surface area (Å²) in [5.41, 5.74) is 0.170. The first kappa shape index (κ1) is 10.6. The lowest BCUT2D eigenvalue weighted by Gasteiger charge is -1.97. The third kappa shape index (κ3) is 2.27. The highest BCUT2D eigenvalue weighted by Crippen LogP contribution is 1.98. The maximum Gasteiger partial charge on any atom is 0.343 e. The van der Waals surface area contributed by atoms with Crippen molar-refractivity contribution in [3.05, 3.63) is 35.5 Å². The average Bonchev–Trinajstić information content (AvgIpc) is 2.30. The molecule has 15 heavy (non-hydrogen) atoms. The van der Waals surface area contributed by atoms with Gasteiger partial charge in [-0.1, -0.05) is 0 Å². The second-order valence-electron chi connectivity index (χ2n) is 2.56. The molecule has 0 bridgehead atoms. The van der Waals surface area contributed by atoms with Gasteiger partial charge in [-0.3, -0.25) is 0 Å². The molecule has 0 N–H and O–H groups in total. The van der Waals surface area contributed by atoms with Crippen LogP contribution in [0.2, 0.25) is 0 Å². The van der Waals surface area contributed by atoms with Crippen LogP contribution >= 0.6 is 0 Å². The number of aromatic nitrogens is 1. The third-order valence-electron chi connectivity index (χ3n) is 1.69. The van der Waals surface area contributed by atoms with Crippen molar-refractivity contribution in [2.75, 3.05) is 7.11 Å². The van der Waals surface area contributed by atoms with E-state index in [9.17, 15) is 4.79 Å². The predicted molar refractivity (Wildman–Crippen MR) is 51.7 cm³/mol. The first-order valence-electron chi connectivity index (χ1n) is 4.00. The summed E-state index contributed by atoms with van der Waals surface area (Å²) >= 11 is 0. The van der Waals surface area contributed by atoms with Crippen molar-refractivity contribution in [1.82, 2.24) is 0 Å². The second-order valence-corrected chi connectivity index (χ2v) is 2.56. The standard InChI is InChI=1S/C10H7N3O2/c1-15-10(14)8-3-2-4-13(7-8)9(5-11)6-12/h2-4,7H,1H3. The lowest BCUT2D eigenvalue weighted by Crippen LogP contribution is -2.32. The first-order valence-corrected chi connectivity index (χ1v) is 4.00. The van der Waals surface area contributed by atoms with Crippen molar-refractivity contribution in [3.63, 3.8) is 0 Å². The number of ether oxygens (including phenoxy) is 1. The molecule has 1 rings (SSSR count). The van der Waals surface area contributed by atoms with E-state index in [1.165, 1.54) is 30.1 Å². The minimum absolute atomic E-state index is 0.110. The summed E-state index contributed by atoms with van der Waals surface area (Å²) in [6.07, 6.45) is 2.88. The van der Waals surface area contributed by atoms with E-state index in [1.54, 1.807) is 18.0 Å². The number of carbonyl (C=O) groups is 1. The lowest BCUT2D eigenvalue weighted by atomic mass is 10.3. The Bertz CT molecular complexity index is 482. The highest BCUT2D eigenvalue weighted by Gasteiger charge is 2.12. The van der Waals surface area contributed by atoms with Gasteiger partial charge in [-0.2, -0.15) is 15.7 Å². The van der Waals surface area contributed by atoms with Crippen LogP contribution in [0.15, 0.2) is 24.5 Å². The van der Waals surface area contributed by atoms with E-state index in [-0.39, 0.29) is 11.3 Å². The van der Waals surface area contributed by atoms with Gasteiger partial charge in [-0.05, 0) is 6.07 Å². The molecule has 0 aliphatic carbocycles. The number of carbonyl (C=O) groups excluding carboxylic acids is 1. The van der Waals surface area contributed by atoms with Crippen LogP contribution in [0.3, 0.4) is 0 Å². The minimum atomic E-state index is -0.514. The summed E-state index contributed by atoms with van der Waals surface area (Å²) in [4.78, 5) is 11.2. The van der Waals surface area contributed by atoms with Crippen molar-refractivity contribution >= 4 is 17.5 Å². The molecular formula is C10H7N3O2. The van der Waals surface area contributed by atoms with Crippen molar-refractivity contribution in [2.45, 2.75) is 0 Å². The highest BCUT2D eigenvalue weighted by molar-refractivity contribution is 5.89. The molecule has 0 radical (unpaired) electrons. The molecule has 0 saturated heterocycles. The fraction of sp³-hybridized carbons (Fsp3) is 0.100. The van der Waals surface area contributed by atoms with Crippen LogP contribution in [-0.2, 0) is 4.74 Å². The Hall–Kier alpha value is -2.44. The van der Waals surface area contributed by atoms with Crippen molar-refractivity contribution in [2.24, 2.45) is 0 Å². The maximum absolute atomic E-state index is 11.2. The van der Waals surface area contributed by atoms with E-state index in [2.05, 4.69) is 4.74 Å². The second kappa shape index (κ2) is 4.70. The fourth-order valence-corrected chi connectivity index (χ4v) is 0.993. The van der Waals surface area contributed by atoms with Crippen LogP contribution in [0.4, 0.5) is 0 Å². The normalized spacial score (nSPS) is 8.53. The molecule has 5 heteroatoms. The highest BCUT2D eigenvalue weighted by atomic mass is 16.5. The van der Waals surface area contributed by atoms with Crippen molar-refractivity contribution in [3.8, 4) is 6.07 Å². The summed E-state index contributed by atoms with van der Waals surface area (Å²) in [7, 11) is 1.26. The van der Waals surface area contributed by atoms with E-state index >= 15 is 0 Å². The number of allylic oxidation sites excluding steroid dienone is 1. The Morgan fingerprint density at radius 2 is 2.40 bits per heavy atom. The number of nitriles is 1. The van der Waals surface area contributed by atoms with Crippen molar-refractivity contribution in [1.29, 1.82) is 5.26 Å². The zero-order valence-corrected chi connectivity index (χ0v) is 7.97. The third-order valence-corrected chi connectivity index (χ3v) is 1.69. The van der Waals surface area contributed by atoms with Gasteiger partial charge in [-0.15, -0.1) is 0 Å². The van der Waals surface area contributed by atoms with Gasteiger partial charge in [0.2, 0.25) is 0 Å². The number of hydrogen-bond acceptors (Lipinski definition) is 3. The molecule has 0 aliphatic heterocycles. The maximum atomic E-state index is 11.2. The lowest BCUT2D eigenvalue weighted by molar-refractivity contribution is -0.576. The molecule has 5 nitrogen and oxygen atoms in total. The van der Waals surface area contributed by atoms with Crippen LogP contribution in [0, 0.1) is 11.3 Å². The molecule has 1 aromatic rings. The molecule has 74 valence electrons. The van der Waals surface area contributed by atoms with Gasteiger partial charge >= 0.3 is 11.7 Å². The van der Waals surface area contributed by atoms with Crippen LogP contribution < -0.4 is 4.57 Å². The molecule has 1 heterocycles. The van der Waals surface area contributed by atoms with Gasteiger partial charge in [0.25, 0.3) is 0 Å². The van der Waals surface area contributed by atoms with E-state index in [0.29, 0.717) is 0 Å². The number of rotatable bonds is 2. The van der Waals surface area contributed by atoms with Gasteiger partial charge in [0.15, 0.2) is 18.5 Å². The van der Waals surface area contributed by atoms with Crippen LogP contribution in [0.1, 0.15) is 10.4 Å². The van der Waals surface area contributed by atoms with Gasteiger partial charge in [0.05, 0.1) is 7.11 Å². The largest absolute Gasteiger partial charge is 0.757 e. The van der Waals surface area contributed by atoms with Crippen LogP contribution in [-0.4, -0.2) is 18.9 Å². The van der Waals surface area contributed by atoms with Crippen molar-refractivity contribution < 1.29 is 14.1 Å². The molecule has 0 saturated carbocycles. The zero-order chi connectivity index (χ0) is 11.3. The molecule has 0 spiro atoms. The topological polar surface area (TPSA) is 76.3 Å². The van der Waals surface area contributed by atoms with E-state index in [1.807, 2.05) is 0 Å². The molecule has 1 aromatic heterocycles. The predicted octanol–water partition coefficient (Wildman–Crippen LogP) is 0.364. The van der Waals surface area contributed by atoms with Crippen LogP contribution in [0.25, 0.3) is 11.1 Å². The Balaban J connectivity index is 3.20. The summed E-state index contributed by atoms with van der Waals surface area (Å²) in [5.74, 6) is 1.20. The van der Waals surface area contributed by atoms with E-state index in [4.69, 9.17) is 10.7 Å². The minimum Gasteiger partial charge on any atom is -0.757 e. The van der Waals surface area contributed by atoms with Gasteiger partial charge in [0.1, 0.15) is 5.56 Å². The summed E-state index contributed by atoms with van der Waals surface area (Å²) < 4.78 is 5.78. The van der Waals surface area contributed by atoms with E-state index in [0.717, 1.165) is 0 Å². The van der Waals surface area contributed by atoms with Gasteiger partial charge in [-0.25, -0.2) is 4.79 Å². The SMILES string of the molecule is COC(=O)c1ccc[n+](C(=C=[N-])C#N)c1. The Morgan fingerprint density at radius 1 is 1.67 bits per heavy atom. The number of pyridine rings is 1. The average molecular weight is 201 g/mol. The smallest absolute Gasteiger partial charge is 0.343 e. The molecule has 0 aliphatic rings. The Labute approximate surface area is 86.3 Å². The van der Waals surface area contributed by atoms with E-state index < -0.39 is 5.97 Å². The number of hydrogen-bond donors (Lipinski definition) is 0. The van der Waals surface area contributed by atoms with Gasteiger partial charge in [0, 0.05) is 6.07 Å². The summed E-state index contributed by atoms with van der Waals surface area (Å²) in [6, 6.07) is 4.81. The fourth-order valence-electron chi connectivity index (χ4n) is 0.993. The molecule has 0 aromatic carbocycles. The monoisotopic (exact) mass is 201 g/mol. The molecule has 0 unspecified atom stereocenters. The summed E-state index contributed by atoms with van der Waals surface area (Å²) in [5, 5.41) is 17.2. The molecular weight excluding hydrogens is 194 g/mol. The van der Waals surface area contributed by atoms with Crippen LogP contribution in [0.5, 0.6) is 0 Å². The summed E-state index contributed by atoms with van der Waals surface area (Å²) in [6.45, 7) is 0. The number of esters is 1. The molecule has 0 fully saturated rings.